The number of fused-ring (bicyclic) bond motifs is 1. The number of likely N-dealkylation sites (tertiary alicyclic amines) is 1. The number of aromatic carboxylic acids is 1. The van der Waals surface area contributed by atoms with Crippen LogP contribution in [0.3, 0.4) is 0 Å². The molecule has 0 radical (unpaired) electrons. The fourth-order valence-electron chi connectivity index (χ4n) is 5.10. The van der Waals surface area contributed by atoms with Gasteiger partial charge in [0.25, 0.3) is 0 Å². The van der Waals surface area contributed by atoms with Gasteiger partial charge in [-0.05, 0) is 49.4 Å². The van der Waals surface area contributed by atoms with Crippen LogP contribution >= 0.6 is 11.3 Å². The van der Waals surface area contributed by atoms with Crippen molar-refractivity contribution >= 4 is 33.1 Å². The Morgan fingerprint density at radius 3 is 2.76 bits per heavy atom. The van der Waals surface area contributed by atoms with E-state index >= 15 is 0 Å². The Morgan fingerprint density at radius 1 is 1.26 bits per heavy atom. The zero-order valence-corrected chi connectivity index (χ0v) is 24.3. The summed E-state index contributed by atoms with van der Waals surface area (Å²) in [5.41, 5.74) is 6.66. The number of aromatic nitrogens is 2. The fraction of sp³-hybridized carbons (Fsp3) is 0.517. The van der Waals surface area contributed by atoms with Gasteiger partial charge in [-0.2, -0.15) is 18.3 Å². The molecule has 4 N–H and O–H groups in total. The van der Waals surface area contributed by atoms with Gasteiger partial charge in [-0.25, -0.2) is 4.79 Å². The summed E-state index contributed by atoms with van der Waals surface area (Å²) in [7, 11) is 2.09. The van der Waals surface area contributed by atoms with Crippen molar-refractivity contribution in [3.63, 3.8) is 0 Å². The van der Waals surface area contributed by atoms with Crippen LogP contribution in [-0.4, -0.2) is 91.1 Å². The monoisotopic (exact) mass is 607 g/mol. The Labute approximate surface area is 246 Å². The van der Waals surface area contributed by atoms with Crippen molar-refractivity contribution in [3.8, 4) is 11.8 Å². The van der Waals surface area contributed by atoms with Gasteiger partial charge >= 0.3 is 12.1 Å². The summed E-state index contributed by atoms with van der Waals surface area (Å²) in [4.78, 5) is 13.6. The molecule has 2 aromatic heterocycles. The van der Waals surface area contributed by atoms with Gasteiger partial charge in [-0.3, -0.25) is 4.68 Å². The average Bonchev–Trinajstić information content (AvgIpc) is 3.55. The zero-order valence-electron chi connectivity index (χ0n) is 23.5. The van der Waals surface area contributed by atoms with E-state index in [2.05, 4.69) is 34.2 Å². The SMILES string of the molecule is CN1CCC(Nc2cccc3c(CC(F)(F)F)c(C#CCN)sc23)C(CCOCCOCCn2cc(C(=O)O)cn2)C1. The molecular formula is C29H36F3N5O4S. The topological polar surface area (TPSA) is 115 Å². The number of nitrogens with two attached hydrogens (primary N) is 1. The molecule has 3 heterocycles. The molecule has 0 amide bonds. The number of thiophene rings is 1. The Morgan fingerprint density at radius 2 is 2.05 bits per heavy atom. The van der Waals surface area contributed by atoms with E-state index in [4.69, 9.17) is 20.3 Å². The highest BCUT2D eigenvalue weighted by Crippen LogP contribution is 2.40. The van der Waals surface area contributed by atoms with Gasteiger partial charge in [0.2, 0.25) is 0 Å². The molecule has 1 aliphatic rings. The molecule has 2 unspecified atom stereocenters. The molecule has 1 aliphatic heterocycles. The maximum Gasteiger partial charge on any atom is 0.393 e. The molecule has 228 valence electrons. The highest BCUT2D eigenvalue weighted by molar-refractivity contribution is 7.20. The summed E-state index contributed by atoms with van der Waals surface area (Å²) >= 11 is 1.28. The first-order valence-corrected chi connectivity index (χ1v) is 14.6. The lowest BCUT2D eigenvalue weighted by atomic mass is 9.89. The molecule has 0 aliphatic carbocycles. The summed E-state index contributed by atoms with van der Waals surface area (Å²) in [5, 5.41) is 17.2. The number of halogens is 3. The number of hydrogen-bond donors (Lipinski definition) is 3. The lowest BCUT2D eigenvalue weighted by molar-refractivity contribution is -0.126. The molecule has 1 aromatic carbocycles. The van der Waals surface area contributed by atoms with Crippen LogP contribution in [0.15, 0.2) is 30.6 Å². The number of rotatable bonds is 13. The highest BCUT2D eigenvalue weighted by Gasteiger charge is 2.32. The first-order chi connectivity index (χ1) is 20.1. The van der Waals surface area contributed by atoms with Crippen molar-refractivity contribution in [2.75, 3.05) is 58.4 Å². The zero-order chi connectivity index (χ0) is 30.1. The number of alkyl halides is 3. The number of carbonyl (C=O) groups is 1. The number of piperidine rings is 1. The second-order valence-electron chi connectivity index (χ2n) is 10.3. The third-order valence-electron chi connectivity index (χ3n) is 7.13. The number of nitrogens with zero attached hydrogens (tertiary/aromatic N) is 3. The first-order valence-electron chi connectivity index (χ1n) is 13.8. The van der Waals surface area contributed by atoms with E-state index < -0.39 is 18.6 Å². The third kappa shape index (κ3) is 8.92. The number of ether oxygens (including phenoxy) is 2. The van der Waals surface area contributed by atoms with Crippen LogP contribution in [0.2, 0.25) is 0 Å². The first kappa shape index (κ1) is 31.8. The maximum absolute atomic E-state index is 13.4. The second kappa shape index (κ2) is 14.8. The Bertz CT molecular complexity index is 1400. The summed E-state index contributed by atoms with van der Waals surface area (Å²) in [6.07, 6.45) is -0.885. The lowest BCUT2D eigenvalue weighted by Crippen LogP contribution is -2.45. The lowest BCUT2D eigenvalue weighted by Gasteiger charge is -2.38. The van der Waals surface area contributed by atoms with E-state index in [1.165, 1.54) is 28.4 Å². The largest absolute Gasteiger partial charge is 0.478 e. The van der Waals surface area contributed by atoms with Gasteiger partial charge in [0.15, 0.2) is 0 Å². The second-order valence-corrected chi connectivity index (χ2v) is 11.3. The van der Waals surface area contributed by atoms with Crippen LogP contribution in [0.1, 0.15) is 33.6 Å². The van der Waals surface area contributed by atoms with Gasteiger partial charge in [0.1, 0.15) is 0 Å². The van der Waals surface area contributed by atoms with Crippen molar-refractivity contribution in [3.05, 3.63) is 46.6 Å². The number of anilines is 1. The van der Waals surface area contributed by atoms with Gasteiger partial charge in [-0.15, -0.1) is 11.3 Å². The normalized spacial score (nSPS) is 17.7. The molecule has 3 aromatic rings. The van der Waals surface area contributed by atoms with Crippen LogP contribution in [0, 0.1) is 17.8 Å². The molecule has 1 saturated heterocycles. The van der Waals surface area contributed by atoms with E-state index in [-0.39, 0.29) is 29.6 Å². The smallest absolute Gasteiger partial charge is 0.393 e. The minimum atomic E-state index is -4.34. The summed E-state index contributed by atoms with van der Waals surface area (Å²) in [5.74, 6) is 4.83. The van der Waals surface area contributed by atoms with Gasteiger partial charge in [0.05, 0.1) is 66.4 Å². The van der Waals surface area contributed by atoms with Crippen LogP contribution in [0.5, 0.6) is 0 Å². The molecule has 1 fully saturated rings. The van der Waals surface area contributed by atoms with Crippen LogP contribution in [0.4, 0.5) is 18.9 Å². The standard InChI is InChI=1S/C29H36F3N5O4S/c1-36-10-7-24(20(18-36)8-12-40-14-15-41-13-11-37-19-21(17-34-37)28(38)39)35-25-5-2-4-22-23(16-29(30,31)32)26(6-3-9-33)42-27(22)25/h2,4-5,17,19-20,24,35H,7-16,18,33H2,1H3,(H,38,39). The fourth-order valence-corrected chi connectivity index (χ4v) is 6.27. The molecule has 13 heteroatoms. The summed E-state index contributed by atoms with van der Waals surface area (Å²) in [6.45, 7) is 4.12. The van der Waals surface area contributed by atoms with Crippen LogP contribution < -0.4 is 11.1 Å². The Kier molecular flexibility index (Phi) is 11.2. The molecule has 0 spiro atoms. The molecular weight excluding hydrogens is 571 g/mol. The van der Waals surface area contributed by atoms with E-state index in [9.17, 15) is 18.0 Å². The molecule has 0 saturated carbocycles. The van der Waals surface area contributed by atoms with E-state index in [0.717, 1.165) is 36.3 Å². The van der Waals surface area contributed by atoms with Gasteiger partial charge in [-0.1, -0.05) is 24.0 Å². The number of carboxylic acid groups (broad SMARTS) is 1. The van der Waals surface area contributed by atoms with E-state index in [0.29, 0.717) is 43.2 Å². The summed E-state index contributed by atoms with van der Waals surface area (Å²) < 4.78 is 53.9. The number of nitrogens with one attached hydrogen (secondary N) is 1. The molecule has 0 bridgehead atoms. The molecule has 42 heavy (non-hydrogen) atoms. The van der Waals surface area contributed by atoms with Crippen LogP contribution in [-0.2, 0) is 22.4 Å². The predicted molar refractivity (Wildman–Crippen MR) is 156 cm³/mol. The number of carboxylic acids is 1. The van der Waals surface area contributed by atoms with Crippen LogP contribution in [0.25, 0.3) is 10.1 Å². The molecule has 4 rings (SSSR count). The minimum absolute atomic E-state index is 0.0803. The Hall–Kier alpha value is -3.15. The quantitative estimate of drug-likeness (QED) is 0.197. The van der Waals surface area contributed by atoms with Crippen molar-refractivity contribution in [1.29, 1.82) is 0 Å². The van der Waals surface area contributed by atoms with Crippen molar-refractivity contribution in [1.82, 2.24) is 14.7 Å². The molecule has 9 nitrogen and oxygen atoms in total. The van der Waals surface area contributed by atoms with Crippen molar-refractivity contribution in [2.45, 2.75) is 38.0 Å². The van der Waals surface area contributed by atoms with Crippen molar-refractivity contribution in [2.24, 2.45) is 11.7 Å². The van der Waals surface area contributed by atoms with Gasteiger partial charge in [0, 0.05) is 25.4 Å². The number of hydrogen-bond acceptors (Lipinski definition) is 8. The third-order valence-corrected chi connectivity index (χ3v) is 8.32. The highest BCUT2D eigenvalue weighted by atomic mass is 32.1. The minimum Gasteiger partial charge on any atom is -0.478 e. The van der Waals surface area contributed by atoms with Crippen molar-refractivity contribution < 1.29 is 32.5 Å². The van der Waals surface area contributed by atoms with Gasteiger partial charge < -0.3 is 30.5 Å². The maximum atomic E-state index is 13.4. The average molecular weight is 608 g/mol. The molecule has 2 atom stereocenters. The van der Waals surface area contributed by atoms with E-state index in [1.54, 1.807) is 12.1 Å². The number of benzene rings is 1. The predicted octanol–water partition coefficient (Wildman–Crippen LogP) is 4.07. The Balaban J connectivity index is 1.31. The van der Waals surface area contributed by atoms with E-state index in [1.807, 2.05) is 6.07 Å². The summed E-state index contributed by atoms with van der Waals surface area (Å²) in [6, 6.07) is 5.59.